The maximum Gasteiger partial charge on any atom is 0.219 e. The topological polar surface area (TPSA) is 93.4 Å². The Morgan fingerprint density at radius 3 is 3.04 bits per heavy atom. The van der Waals surface area contributed by atoms with Gasteiger partial charge in [-0.25, -0.2) is 9.97 Å². The second-order valence-corrected chi connectivity index (χ2v) is 5.96. The van der Waals surface area contributed by atoms with Gasteiger partial charge in [-0.1, -0.05) is 12.1 Å². The molecule has 132 valence electrons. The zero-order valence-corrected chi connectivity index (χ0v) is 14.4. The van der Waals surface area contributed by atoms with E-state index in [9.17, 15) is 4.79 Å². The molecule has 0 unspecified atom stereocenters. The van der Waals surface area contributed by atoms with Gasteiger partial charge in [0.2, 0.25) is 5.91 Å². The van der Waals surface area contributed by atoms with E-state index in [1.807, 2.05) is 45.9 Å². The average molecular weight is 349 g/mol. The normalized spacial score (nSPS) is 11.1. The SMILES string of the molecule is CNC(=O)CCCn1cc(-n2ccnc2-c2nc3ccccc3[nH]2)cn1. The number of aromatic amines is 1. The predicted molar refractivity (Wildman–Crippen MR) is 97.7 cm³/mol. The van der Waals surface area contributed by atoms with E-state index in [1.54, 1.807) is 19.4 Å². The lowest BCUT2D eigenvalue weighted by molar-refractivity contribution is -0.120. The summed E-state index contributed by atoms with van der Waals surface area (Å²) < 4.78 is 3.78. The van der Waals surface area contributed by atoms with Crippen molar-refractivity contribution < 1.29 is 4.79 Å². The summed E-state index contributed by atoms with van der Waals surface area (Å²) in [6.45, 7) is 0.683. The van der Waals surface area contributed by atoms with E-state index in [4.69, 9.17) is 0 Å². The Morgan fingerprint density at radius 1 is 1.31 bits per heavy atom. The molecule has 26 heavy (non-hydrogen) atoms. The lowest BCUT2D eigenvalue weighted by Crippen LogP contribution is -2.17. The van der Waals surface area contributed by atoms with Crippen molar-refractivity contribution in [3.05, 3.63) is 49.1 Å². The largest absolute Gasteiger partial charge is 0.359 e. The van der Waals surface area contributed by atoms with Gasteiger partial charge in [-0.15, -0.1) is 0 Å². The lowest BCUT2D eigenvalue weighted by Gasteiger charge is -2.03. The minimum atomic E-state index is 0.0409. The number of H-pyrrole nitrogens is 1. The first-order valence-electron chi connectivity index (χ1n) is 8.46. The quantitative estimate of drug-likeness (QED) is 0.558. The zero-order valence-electron chi connectivity index (χ0n) is 14.4. The van der Waals surface area contributed by atoms with Crippen LogP contribution in [-0.4, -0.2) is 42.3 Å². The summed E-state index contributed by atoms with van der Waals surface area (Å²) in [6.07, 6.45) is 8.58. The van der Waals surface area contributed by atoms with E-state index in [1.165, 1.54) is 0 Å². The number of nitrogens with one attached hydrogen (secondary N) is 2. The standard InChI is InChI=1S/C18H19N7O/c1-19-16(26)7-4-9-24-12-13(11-21-24)25-10-8-20-18(25)17-22-14-5-2-3-6-15(14)23-17/h2-3,5-6,8,10-12H,4,7,9H2,1H3,(H,19,26)(H,22,23). The summed E-state index contributed by atoms with van der Waals surface area (Å²) in [4.78, 5) is 23.7. The van der Waals surface area contributed by atoms with Crippen molar-refractivity contribution in [2.45, 2.75) is 19.4 Å². The molecule has 4 rings (SSSR count). The van der Waals surface area contributed by atoms with Gasteiger partial charge in [0.25, 0.3) is 0 Å². The molecule has 0 saturated carbocycles. The van der Waals surface area contributed by atoms with Crippen LogP contribution in [0.2, 0.25) is 0 Å². The molecular formula is C18H19N7O. The number of fused-ring (bicyclic) bond motifs is 1. The van der Waals surface area contributed by atoms with Crippen molar-refractivity contribution in [2.24, 2.45) is 0 Å². The van der Waals surface area contributed by atoms with Crippen molar-refractivity contribution in [2.75, 3.05) is 7.05 Å². The van der Waals surface area contributed by atoms with Gasteiger partial charge in [0, 0.05) is 38.6 Å². The molecule has 2 N–H and O–H groups in total. The van der Waals surface area contributed by atoms with E-state index in [0.29, 0.717) is 18.8 Å². The highest BCUT2D eigenvalue weighted by Crippen LogP contribution is 2.21. The molecular weight excluding hydrogens is 330 g/mol. The Hall–Kier alpha value is -3.42. The number of hydrogen-bond acceptors (Lipinski definition) is 4. The molecule has 3 heterocycles. The number of aromatic nitrogens is 6. The fraction of sp³-hybridized carbons (Fsp3) is 0.222. The number of imidazole rings is 2. The minimum absolute atomic E-state index is 0.0409. The van der Waals surface area contributed by atoms with Gasteiger partial charge in [-0.2, -0.15) is 5.10 Å². The molecule has 1 amide bonds. The van der Waals surface area contributed by atoms with E-state index >= 15 is 0 Å². The molecule has 0 radical (unpaired) electrons. The fourth-order valence-corrected chi connectivity index (χ4v) is 2.87. The second kappa shape index (κ2) is 6.83. The number of benzene rings is 1. The molecule has 3 aromatic heterocycles. The fourth-order valence-electron chi connectivity index (χ4n) is 2.87. The first-order valence-corrected chi connectivity index (χ1v) is 8.46. The number of carbonyl (C=O) groups is 1. The number of aryl methyl sites for hydroxylation is 1. The predicted octanol–water partition coefficient (Wildman–Crippen LogP) is 2.14. The van der Waals surface area contributed by atoms with Gasteiger partial charge < -0.3 is 10.3 Å². The maximum absolute atomic E-state index is 11.3. The third kappa shape index (κ3) is 3.08. The highest BCUT2D eigenvalue weighted by molar-refractivity contribution is 5.78. The number of nitrogens with zero attached hydrogens (tertiary/aromatic N) is 5. The number of rotatable bonds is 6. The summed E-state index contributed by atoms with van der Waals surface area (Å²) in [5, 5.41) is 7.00. The van der Waals surface area contributed by atoms with Crippen LogP contribution in [-0.2, 0) is 11.3 Å². The molecule has 1 aromatic carbocycles. The Kier molecular flexibility index (Phi) is 4.22. The average Bonchev–Trinajstić information content (AvgIpc) is 3.38. The van der Waals surface area contributed by atoms with E-state index in [2.05, 4.69) is 25.4 Å². The Morgan fingerprint density at radius 2 is 2.19 bits per heavy atom. The second-order valence-electron chi connectivity index (χ2n) is 5.96. The van der Waals surface area contributed by atoms with E-state index in [0.717, 1.165) is 29.0 Å². The summed E-state index contributed by atoms with van der Waals surface area (Å²) >= 11 is 0. The van der Waals surface area contributed by atoms with Crippen LogP contribution in [0.15, 0.2) is 49.1 Å². The van der Waals surface area contributed by atoms with Crippen molar-refractivity contribution >= 4 is 16.9 Å². The number of hydrogen-bond donors (Lipinski definition) is 2. The van der Waals surface area contributed by atoms with Crippen LogP contribution >= 0.6 is 0 Å². The Labute approximate surface area is 149 Å². The molecule has 8 nitrogen and oxygen atoms in total. The van der Waals surface area contributed by atoms with Gasteiger partial charge in [0.15, 0.2) is 11.6 Å². The Balaban J connectivity index is 1.56. The zero-order chi connectivity index (χ0) is 17.9. The Bertz CT molecular complexity index is 1010. The third-order valence-electron chi connectivity index (χ3n) is 4.21. The monoisotopic (exact) mass is 349 g/mol. The first kappa shape index (κ1) is 16.1. The highest BCUT2D eigenvalue weighted by atomic mass is 16.1. The molecule has 0 aliphatic heterocycles. The van der Waals surface area contributed by atoms with Gasteiger partial charge in [-0.3, -0.25) is 14.0 Å². The number of para-hydroxylation sites is 2. The molecule has 4 aromatic rings. The van der Waals surface area contributed by atoms with Gasteiger partial charge in [0.05, 0.1) is 22.9 Å². The lowest BCUT2D eigenvalue weighted by atomic mass is 10.3. The maximum atomic E-state index is 11.3. The number of amides is 1. The van der Waals surface area contributed by atoms with Crippen molar-refractivity contribution in [3.8, 4) is 17.3 Å². The van der Waals surface area contributed by atoms with Crippen molar-refractivity contribution in [3.63, 3.8) is 0 Å². The molecule has 0 bridgehead atoms. The van der Waals surface area contributed by atoms with Crippen LogP contribution in [0.5, 0.6) is 0 Å². The molecule has 0 aliphatic rings. The van der Waals surface area contributed by atoms with Crippen LogP contribution in [0.3, 0.4) is 0 Å². The van der Waals surface area contributed by atoms with Gasteiger partial charge >= 0.3 is 0 Å². The third-order valence-corrected chi connectivity index (χ3v) is 4.21. The molecule has 0 saturated heterocycles. The van der Waals surface area contributed by atoms with Crippen molar-refractivity contribution in [1.29, 1.82) is 0 Å². The molecule has 0 atom stereocenters. The summed E-state index contributed by atoms with van der Waals surface area (Å²) in [5.41, 5.74) is 2.78. The van der Waals surface area contributed by atoms with Gasteiger partial charge in [0.1, 0.15) is 0 Å². The highest BCUT2D eigenvalue weighted by Gasteiger charge is 2.13. The van der Waals surface area contributed by atoms with Crippen LogP contribution in [0, 0.1) is 0 Å². The number of carbonyl (C=O) groups excluding carboxylic acids is 1. The molecule has 8 heteroatoms. The molecule has 0 fully saturated rings. The van der Waals surface area contributed by atoms with Crippen LogP contribution < -0.4 is 5.32 Å². The van der Waals surface area contributed by atoms with E-state index < -0.39 is 0 Å². The van der Waals surface area contributed by atoms with E-state index in [-0.39, 0.29) is 5.91 Å². The molecule has 0 spiro atoms. The summed E-state index contributed by atoms with van der Waals surface area (Å²) in [6, 6.07) is 7.89. The van der Waals surface area contributed by atoms with Crippen LogP contribution in [0.25, 0.3) is 28.4 Å². The van der Waals surface area contributed by atoms with Crippen molar-refractivity contribution in [1.82, 2.24) is 34.6 Å². The van der Waals surface area contributed by atoms with Crippen LogP contribution in [0.4, 0.5) is 0 Å². The first-order chi connectivity index (χ1) is 12.7. The van der Waals surface area contributed by atoms with Crippen LogP contribution in [0.1, 0.15) is 12.8 Å². The summed E-state index contributed by atoms with van der Waals surface area (Å²) in [5.74, 6) is 1.48. The minimum Gasteiger partial charge on any atom is -0.359 e. The molecule has 0 aliphatic carbocycles. The summed E-state index contributed by atoms with van der Waals surface area (Å²) in [7, 11) is 1.65. The van der Waals surface area contributed by atoms with Gasteiger partial charge in [-0.05, 0) is 18.6 Å². The smallest absolute Gasteiger partial charge is 0.219 e.